The highest BCUT2D eigenvalue weighted by atomic mass is 35.5. The fourth-order valence-corrected chi connectivity index (χ4v) is 1.14. The standard InChI is InChI=1S/C11H11Cl2NO/c1-7-2-4-8(5-3-7)10(15)6-9(14)11(12)13/h2-6,11H,14H2,1H3. The van der Waals surface area contributed by atoms with Crippen molar-refractivity contribution >= 4 is 29.0 Å². The van der Waals surface area contributed by atoms with E-state index in [0.29, 0.717) is 5.56 Å². The fraction of sp³-hybridized carbons (Fsp3) is 0.182. The number of hydrogen-bond donors (Lipinski definition) is 1. The highest BCUT2D eigenvalue weighted by Crippen LogP contribution is 2.11. The van der Waals surface area contributed by atoms with Crippen molar-refractivity contribution in [1.82, 2.24) is 0 Å². The number of ketones is 1. The summed E-state index contributed by atoms with van der Waals surface area (Å²) < 4.78 is 0. The summed E-state index contributed by atoms with van der Waals surface area (Å²) in [4.78, 5) is 10.7. The second-order valence-corrected chi connectivity index (χ2v) is 4.27. The van der Waals surface area contributed by atoms with Gasteiger partial charge in [0.25, 0.3) is 0 Å². The first-order valence-corrected chi connectivity index (χ1v) is 5.24. The van der Waals surface area contributed by atoms with E-state index in [9.17, 15) is 4.79 Å². The van der Waals surface area contributed by atoms with E-state index in [1.165, 1.54) is 6.08 Å². The molecular weight excluding hydrogens is 233 g/mol. The summed E-state index contributed by atoms with van der Waals surface area (Å²) >= 11 is 11.0. The van der Waals surface area contributed by atoms with Crippen LogP contribution in [0.25, 0.3) is 0 Å². The maximum Gasteiger partial charge on any atom is 0.187 e. The number of alkyl halides is 2. The summed E-state index contributed by atoms with van der Waals surface area (Å²) in [5.41, 5.74) is 7.28. The van der Waals surface area contributed by atoms with Crippen LogP contribution in [0.1, 0.15) is 15.9 Å². The molecule has 1 aromatic carbocycles. The zero-order valence-electron chi connectivity index (χ0n) is 8.21. The third-order valence-electron chi connectivity index (χ3n) is 1.89. The molecule has 15 heavy (non-hydrogen) atoms. The van der Waals surface area contributed by atoms with Crippen LogP contribution < -0.4 is 5.73 Å². The molecule has 0 aromatic heterocycles. The molecule has 0 unspecified atom stereocenters. The normalized spacial score (nSPS) is 11.9. The molecule has 2 nitrogen and oxygen atoms in total. The van der Waals surface area contributed by atoms with Gasteiger partial charge in [0, 0.05) is 17.3 Å². The molecule has 80 valence electrons. The molecule has 0 saturated carbocycles. The molecule has 0 amide bonds. The number of allylic oxidation sites excluding steroid dienone is 2. The van der Waals surface area contributed by atoms with Gasteiger partial charge in [-0.3, -0.25) is 4.79 Å². The lowest BCUT2D eigenvalue weighted by Crippen LogP contribution is -2.08. The largest absolute Gasteiger partial charge is 0.400 e. The molecule has 4 heteroatoms. The van der Waals surface area contributed by atoms with Crippen LogP contribution in [0.15, 0.2) is 36.0 Å². The first-order chi connectivity index (χ1) is 7.00. The average molecular weight is 244 g/mol. The van der Waals surface area contributed by atoms with Gasteiger partial charge >= 0.3 is 0 Å². The zero-order chi connectivity index (χ0) is 11.4. The van der Waals surface area contributed by atoms with Gasteiger partial charge in [0.2, 0.25) is 0 Å². The number of carbonyl (C=O) groups excluding carboxylic acids is 1. The average Bonchev–Trinajstić information content (AvgIpc) is 2.18. The number of nitrogens with two attached hydrogens (primary N) is 1. The molecule has 1 rings (SSSR count). The molecule has 0 aliphatic carbocycles. The van der Waals surface area contributed by atoms with Crippen LogP contribution in [-0.2, 0) is 0 Å². The van der Waals surface area contributed by atoms with Crippen LogP contribution in [0.2, 0.25) is 0 Å². The fourth-order valence-electron chi connectivity index (χ4n) is 1.02. The molecule has 1 aromatic rings. The number of rotatable bonds is 3. The van der Waals surface area contributed by atoms with Crippen LogP contribution in [0.3, 0.4) is 0 Å². The first-order valence-electron chi connectivity index (χ1n) is 4.37. The van der Waals surface area contributed by atoms with E-state index >= 15 is 0 Å². The lowest BCUT2D eigenvalue weighted by Gasteiger charge is -2.01. The summed E-state index contributed by atoms with van der Waals surface area (Å²) in [6, 6.07) is 7.18. The number of carbonyl (C=O) groups is 1. The summed E-state index contributed by atoms with van der Waals surface area (Å²) in [6.07, 6.45) is 1.25. The number of halogens is 2. The predicted octanol–water partition coefficient (Wildman–Crippen LogP) is 2.82. The van der Waals surface area contributed by atoms with Crippen molar-refractivity contribution in [3.05, 3.63) is 47.2 Å². The summed E-state index contributed by atoms with van der Waals surface area (Å²) in [7, 11) is 0. The monoisotopic (exact) mass is 243 g/mol. The van der Waals surface area contributed by atoms with Crippen LogP contribution in [-0.4, -0.2) is 10.6 Å². The van der Waals surface area contributed by atoms with Gasteiger partial charge in [0.05, 0.1) is 0 Å². The molecule has 0 bridgehead atoms. The van der Waals surface area contributed by atoms with Crippen LogP contribution in [0.4, 0.5) is 0 Å². The summed E-state index contributed by atoms with van der Waals surface area (Å²) in [6.45, 7) is 1.95. The topological polar surface area (TPSA) is 43.1 Å². The Morgan fingerprint density at radius 2 is 1.87 bits per heavy atom. The van der Waals surface area contributed by atoms with Gasteiger partial charge in [-0.2, -0.15) is 0 Å². The minimum absolute atomic E-state index is 0.156. The van der Waals surface area contributed by atoms with Crippen molar-refractivity contribution < 1.29 is 4.79 Å². The first kappa shape index (κ1) is 12.1. The quantitative estimate of drug-likeness (QED) is 0.504. The molecule has 0 aliphatic rings. The molecule has 0 aliphatic heterocycles. The summed E-state index contributed by atoms with van der Waals surface area (Å²) in [5.74, 6) is -0.196. The third kappa shape index (κ3) is 3.57. The number of hydrogen-bond acceptors (Lipinski definition) is 2. The predicted molar refractivity (Wildman–Crippen MR) is 63.3 cm³/mol. The van der Waals surface area contributed by atoms with E-state index in [1.54, 1.807) is 12.1 Å². The Bertz CT molecular complexity index is 382. The Morgan fingerprint density at radius 1 is 1.33 bits per heavy atom. The van der Waals surface area contributed by atoms with Crippen LogP contribution in [0, 0.1) is 6.92 Å². The highest BCUT2D eigenvalue weighted by molar-refractivity contribution is 6.46. The lowest BCUT2D eigenvalue weighted by molar-refractivity contribution is 0.104. The highest BCUT2D eigenvalue weighted by Gasteiger charge is 2.07. The lowest BCUT2D eigenvalue weighted by atomic mass is 10.1. The Balaban J connectivity index is 2.86. The summed E-state index contributed by atoms with van der Waals surface area (Å²) in [5, 5.41) is 0. The molecule has 0 fully saturated rings. The molecule has 0 heterocycles. The smallest absolute Gasteiger partial charge is 0.187 e. The Labute approximate surface area is 98.7 Å². The van der Waals surface area contributed by atoms with Crippen molar-refractivity contribution in [3.8, 4) is 0 Å². The molecule has 2 N–H and O–H groups in total. The van der Waals surface area contributed by atoms with Gasteiger partial charge in [-0.15, -0.1) is 0 Å². The van der Waals surface area contributed by atoms with Crippen molar-refractivity contribution in [2.45, 2.75) is 11.8 Å². The van der Waals surface area contributed by atoms with E-state index in [1.807, 2.05) is 19.1 Å². The van der Waals surface area contributed by atoms with E-state index in [0.717, 1.165) is 5.56 Å². The Morgan fingerprint density at radius 3 is 2.33 bits per heavy atom. The van der Waals surface area contributed by atoms with Crippen molar-refractivity contribution in [3.63, 3.8) is 0 Å². The Kier molecular flexibility index (Phi) is 4.18. The van der Waals surface area contributed by atoms with E-state index < -0.39 is 4.84 Å². The van der Waals surface area contributed by atoms with Gasteiger partial charge in [0.15, 0.2) is 5.78 Å². The maximum atomic E-state index is 11.6. The van der Waals surface area contributed by atoms with Crippen LogP contribution in [0.5, 0.6) is 0 Å². The van der Waals surface area contributed by atoms with E-state index in [-0.39, 0.29) is 11.5 Å². The second-order valence-electron chi connectivity index (χ2n) is 3.18. The van der Waals surface area contributed by atoms with E-state index in [4.69, 9.17) is 28.9 Å². The SMILES string of the molecule is Cc1ccc(C(=O)C=C(N)C(Cl)Cl)cc1. The van der Waals surface area contributed by atoms with Crippen molar-refractivity contribution in [2.24, 2.45) is 5.73 Å². The molecular formula is C11H11Cl2NO. The molecule has 0 atom stereocenters. The van der Waals surface area contributed by atoms with Crippen molar-refractivity contribution in [1.29, 1.82) is 0 Å². The zero-order valence-corrected chi connectivity index (χ0v) is 9.72. The number of aryl methyl sites for hydroxylation is 1. The van der Waals surface area contributed by atoms with Gasteiger partial charge < -0.3 is 5.73 Å². The van der Waals surface area contributed by atoms with E-state index in [2.05, 4.69) is 0 Å². The molecule has 0 radical (unpaired) electrons. The van der Waals surface area contributed by atoms with Crippen molar-refractivity contribution in [2.75, 3.05) is 0 Å². The maximum absolute atomic E-state index is 11.6. The minimum atomic E-state index is -0.848. The van der Waals surface area contributed by atoms with Gasteiger partial charge in [-0.25, -0.2) is 0 Å². The van der Waals surface area contributed by atoms with Crippen LogP contribution >= 0.6 is 23.2 Å². The van der Waals surface area contributed by atoms with Gasteiger partial charge in [-0.1, -0.05) is 53.0 Å². The number of benzene rings is 1. The third-order valence-corrected chi connectivity index (χ3v) is 2.39. The molecule has 0 spiro atoms. The second kappa shape index (κ2) is 5.19. The molecule has 0 saturated heterocycles. The van der Waals surface area contributed by atoms with Gasteiger partial charge in [-0.05, 0) is 6.92 Å². The Hall–Kier alpha value is -0.990. The minimum Gasteiger partial charge on any atom is -0.400 e. The van der Waals surface area contributed by atoms with Gasteiger partial charge in [0.1, 0.15) is 4.84 Å².